The molecule has 5 N–H and O–H groups in total. The van der Waals surface area contributed by atoms with E-state index in [1.54, 1.807) is 48.5 Å². The van der Waals surface area contributed by atoms with Gasteiger partial charge in [-0.25, -0.2) is 9.59 Å². The fraction of sp³-hybridized carbons (Fsp3) is 0.321. The number of aliphatic imine (C=N–C) groups is 2. The van der Waals surface area contributed by atoms with Crippen molar-refractivity contribution in [2.24, 2.45) is 9.98 Å². The molecule has 0 saturated heterocycles. The minimum absolute atomic E-state index is 0.114. The van der Waals surface area contributed by atoms with Gasteiger partial charge in [-0.3, -0.25) is 29.1 Å². The Kier molecular flexibility index (Phi) is 15.5. The van der Waals surface area contributed by atoms with Crippen LogP contribution in [0, 0.1) is 0 Å². The molecule has 0 aliphatic carbocycles. The normalized spacial score (nSPS) is 10.2. The van der Waals surface area contributed by atoms with Gasteiger partial charge in [0.15, 0.2) is 0 Å². The fourth-order valence-corrected chi connectivity index (χ4v) is 4.02. The number of carbonyl (C=O) groups is 5. The Morgan fingerprint density at radius 1 is 0.622 bits per heavy atom. The van der Waals surface area contributed by atoms with E-state index in [9.17, 15) is 39.3 Å². The van der Waals surface area contributed by atoms with E-state index in [0.29, 0.717) is 11.4 Å². The summed E-state index contributed by atoms with van der Waals surface area (Å²) in [6.45, 7) is -1.97. The van der Waals surface area contributed by atoms with Crippen LogP contribution in [-0.4, -0.2) is 116 Å². The first-order chi connectivity index (χ1) is 21.5. The van der Waals surface area contributed by atoms with Gasteiger partial charge in [-0.1, -0.05) is 24.3 Å². The van der Waals surface area contributed by atoms with Gasteiger partial charge in [0.05, 0.1) is 28.2 Å². The van der Waals surface area contributed by atoms with Crippen molar-refractivity contribution in [1.29, 1.82) is 0 Å². The maximum atomic E-state index is 12.4. The molecule has 2 aromatic carbocycles. The number of benzene rings is 2. The van der Waals surface area contributed by atoms with Crippen molar-refractivity contribution in [2.75, 3.05) is 45.8 Å². The molecule has 0 aromatic heterocycles. The van der Waals surface area contributed by atoms with Crippen molar-refractivity contribution in [1.82, 2.24) is 25.3 Å². The van der Waals surface area contributed by atoms with E-state index >= 15 is 0 Å². The lowest BCUT2D eigenvalue weighted by Gasteiger charge is -2.27. The topological polar surface area (TPSA) is 205 Å². The number of isothiocyanates is 2. The van der Waals surface area contributed by atoms with Crippen LogP contribution in [0.5, 0.6) is 0 Å². The minimum atomic E-state index is -1.40. The van der Waals surface area contributed by atoms with E-state index < -0.39 is 49.6 Å². The molecule has 0 aliphatic rings. The number of nitrogens with zero attached hydrogens (tertiary/aromatic N) is 5. The SMILES string of the molecule is O=C(O)CN(CCN(CC(=O)NCc1ccc(N=C=S)cc1)C(=O)O)CCN(CC(=O)NCc1ccc(N=C=S)cc1)C(=O)O. The second-order valence-electron chi connectivity index (χ2n) is 9.37. The molecule has 0 spiro atoms. The number of carboxylic acid groups (broad SMARTS) is 3. The largest absolute Gasteiger partial charge is 0.480 e. The second kappa shape index (κ2) is 19.3. The fourth-order valence-electron chi connectivity index (χ4n) is 3.81. The number of nitrogens with one attached hydrogen (secondary N) is 2. The van der Waals surface area contributed by atoms with Crippen LogP contribution in [-0.2, 0) is 27.5 Å². The molecular weight excluding hydrogens is 626 g/mol. The molecule has 0 unspecified atom stereocenters. The number of rotatable bonds is 18. The van der Waals surface area contributed by atoms with Crippen LogP contribution in [0.25, 0.3) is 0 Å². The molecule has 0 aliphatic heterocycles. The number of carboxylic acids is 1. The van der Waals surface area contributed by atoms with Crippen LogP contribution >= 0.6 is 24.4 Å². The number of aliphatic carboxylic acids is 1. The van der Waals surface area contributed by atoms with E-state index in [1.807, 2.05) is 0 Å². The Morgan fingerprint density at radius 2 is 1.00 bits per heavy atom. The van der Waals surface area contributed by atoms with Gasteiger partial charge < -0.3 is 26.0 Å². The van der Waals surface area contributed by atoms with Crippen molar-refractivity contribution in [3.8, 4) is 0 Å². The molecule has 17 heteroatoms. The predicted molar refractivity (Wildman–Crippen MR) is 169 cm³/mol. The standard InChI is InChI=1S/C28H31N7O8S2/c36-24(29-13-20-1-5-22(6-2-20)31-18-44)15-34(27(40)41)11-9-33(17-26(38)39)10-12-35(28(42)43)16-25(37)30-14-21-3-7-23(8-4-21)32-19-45/h1-8H,9-17H2,(H,29,36)(H,30,37)(H,38,39)(H,40,41)(H,42,43). The highest BCUT2D eigenvalue weighted by Gasteiger charge is 2.21. The van der Waals surface area contributed by atoms with Crippen molar-refractivity contribution < 1.29 is 39.3 Å². The second-order valence-corrected chi connectivity index (χ2v) is 9.74. The number of hydrogen-bond acceptors (Lipinski definition) is 10. The molecule has 0 saturated carbocycles. The third-order valence-corrected chi connectivity index (χ3v) is 6.33. The summed E-state index contributed by atoms with van der Waals surface area (Å²) in [5.41, 5.74) is 2.66. The molecule has 15 nitrogen and oxygen atoms in total. The predicted octanol–water partition coefficient (Wildman–Crippen LogP) is 2.43. The molecule has 0 atom stereocenters. The van der Waals surface area contributed by atoms with Gasteiger partial charge in [-0.05, 0) is 59.8 Å². The lowest BCUT2D eigenvalue weighted by molar-refractivity contribution is -0.138. The first-order valence-corrected chi connectivity index (χ1v) is 14.1. The Hall–Kier alpha value is -5.05. The lowest BCUT2D eigenvalue weighted by Crippen LogP contribution is -2.47. The van der Waals surface area contributed by atoms with Gasteiger partial charge in [0.25, 0.3) is 0 Å². The third-order valence-electron chi connectivity index (χ3n) is 6.14. The highest BCUT2D eigenvalue weighted by molar-refractivity contribution is 7.78. The summed E-state index contributed by atoms with van der Waals surface area (Å²) in [5.74, 6) is -2.38. The number of thiocarbonyl (C=S) groups is 2. The molecule has 2 rings (SSSR count). The molecule has 238 valence electrons. The molecule has 0 fully saturated rings. The monoisotopic (exact) mass is 657 g/mol. The van der Waals surface area contributed by atoms with E-state index in [0.717, 1.165) is 20.9 Å². The van der Waals surface area contributed by atoms with E-state index in [1.165, 1.54) is 4.90 Å². The van der Waals surface area contributed by atoms with Gasteiger partial charge in [0.2, 0.25) is 11.8 Å². The van der Waals surface area contributed by atoms with Gasteiger partial charge in [0.1, 0.15) is 13.1 Å². The molecular formula is C28H31N7O8S2. The molecule has 0 bridgehead atoms. The summed E-state index contributed by atoms with van der Waals surface area (Å²) in [5, 5.41) is 38.2. The summed E-state index contributed by atoms with van der Waals surface area (Å²) in [6, 6.07) is 13.6. The number of amides is 4. The van der Waals surface area contributed by atoms with Crippen molar-refractivity contribution >= 4 is 76.1 Å². The zero-order valence-electron chi connectivity index (χ0n) is 23.9. The van der Waals surface area contributed by atoms with E-state index in [2.05, 4.69) is 55.4 Å². The van der Waals surface area contributed by atoms with Crippen LogP contribution in [0.2, 0.25) is 0 Å². The van der Waals surface area contributed by atoms with Crippen LogP contribution in [0.15, 0.2) is 58.5 Å². The Morgan fingerprint density at radius 3 is 1.31 bits per heavy atom. The summed E-state index contributed by atoms with van der Waals surface area (Å²) in [6.07, 6.45) is -2.79. The summed E-state index contributed by atoms with van der Waals surface area (Å²) < 4.78 is 0. The Bertz CT molecular complexity index is 1340. The van der Waals surface area contributed by atoms with Gasteiger partial charge in [-0.2, -0.15) is 9.98 Å². The smallest absolute Gasteiger partial charge is 0.407 e. The molecule has 4 amide bonds. The van der Waals surface area contributed by atoms with Gasteiger partial charge in [0, 0.05) is 39.3 Å². The maximum Gasteiger partial charge on any atom is 0.407 e. The Balaban J connectivity index is 1.89. The average molecular weight is 658 g/mol. The minimum Gasteiger partial charge on any atom is -0.480 e. The number of carbonyl (C=O) groups excluding carboxylic acids is 2. The van der Waals surface area contributed by atoms with Crippen LogP contribution in [0.3, 0.4) is 0 Å². The summed E-state index contributed by atoms with van der Waals surface area (Å²) in [4.78, 5) is 70.4. The average Bonchev–Trinajstić information content (AvgIpc) is 3.00. The molecule has 0 heterocycles. The first-order valence-electron chi connectivity index (χ1n) is 13.3. The maximum absolute atomic E-state index is 12.4. The summed E-state index contributed by atoms with van der Waals surface area (Å²) >= 11 is 9.10. The lowest BCUT2D eigenvalue weighted by atomic mass is 10.2. The van der Waals surface area contributed by atoms with Gasteiger partial charge in [-0.15, -0.1) is 0 Å². The van der Waals surface area contributed by atoms with Crippen LogP contribution in [0.1, 0.15) is 11.1 Å². The quantitative estimate of drug-likeness (QED) is 0.116. The zero-order valence-corrected chi connectivity index (χ0v) is 25.6. The third kappa shape index (κ3) is 14.3. The van der Waals surface area contributed by atoms with Crippen molar-refractivity contribution in [2.45, 2.75) is 13.1 Å². The Labute approximate surface area is 268 Å². The van der Waals surface area contributed by atoms with Crippen LogP contribution in [0.4, 0.5) is 21.0 Å². The zero-order chi connectivity index (χ0) is 33.2. The van der Waals surface area contributed by atoms with E-state index in [-0.39, 0.29) is 39.3 Å². The van der Waals surface area contributed by atoms with E-state index in [4.69, 9.17) is 0 Å². The highest BCUT2D eigenvalue weighted by Crippen LogP contribution is 2.13. The molecule has 0 radical (unpaired) electrons. The highest BCUT2D eigenvalue weighted by atomic mass is 32.1. The van der Waals surface area contributed by atoms with Crippen molar-refractivity contribution in [3.05, 3.63) is 59.7 Å². The number of hydrogen-bond donors (Lipinski definition) is 5. The molecule has 2 aromatic rings. The van der Waals surface area contributed by atoms with Crippen LogP contribution < -0.4 is 10.6 Å². The van der Waals surface area contributed by atoms with Crippen molar-refractivity contribution in [3.63, 3.8) is 0 Å². The molecule has 45 heavy (non-hydrogen) atoms. The first kappa shape index (κ1) is 36.1. The summed E-state index contributed by atoms with van der Waals surface area (Å²) in [7, 11) is 0. The van der Waals surface area contributed by atoms with Gasteiger partial charge >= 0.3 is 18.2 Å².